The minimum atomic E-state index is -1.14. The number of hydrogen-bond donors (Lipinski definition) is 1. The highest BCUT2D eigenvalue weighted by molar-refractivity contribution is 5.68. The molecule has 92 valence electrons. The number of carbonyl (C=O) groups is 1. The summed E-state index contributed by atoms with van der Waals surface area (Å²) >= 11 is 0. The average Bonchev–Trinajstić information content (AvgIpc) is 2.27. The number of aliphatic carboxylic acids is 1. The Morgan fingerprint density at radius 1 is 1.53 bits per heavy atom. The zero-order valence-electron chi connectivity index (χ0n) is 9.08. The minimum Gasteiger partial charge on any atom is -0.482 e. The van der Waals surface area contributed by atoms with E-state index in [1.165, 1.54) is 25.3 Å². The number of benzene rings is 1. The zero-order chi connectivity index (χ0) is 12.8. The molecule has 7 heteroatoms. The van der Waals surface area contributed by atoms with Crippen molar-refractivity contribution in [2.45, 2.75) is 6.61 Å². The van der Waals surface area contributed by atoms with Gasteiger partial charge in [-0.25, -0.2) is 4.79 Å². The maximum atomic E-state index is 10.8. The number of nitro groups is 1. The third-order valence-corrected chi connectivity index (χ3v) is 1.92. The molecule has 0 spiro atoms. The molecule has 1 aromatic carbocycles. The van der Waals surface area contributed by atoms with Crippen molar-refractivity contribution in [1.82, 2.24) is 0 Å². The number of nitrogens with zero attached hydrogens (tertiary/aromatic N) is 1. The Hall–Kier alpha value is -2.15. The van der Waals surface area contributed by atoms with E-state index in [2.05, 4.69) is 0 Å². The van der Waals surface area contributed by atoms with E-state index in [4.69, 9.17) is 14.6 Å². The van der Waals surface area contributed by atoms with Crippen LogP contribution in [-0.2, 0) is 16.1 Å². The van der Waals surface area contributed by atoms with Crippen molar-refractivity contribution in [1.29, 1.82) is 0 Å². The van der Waals surface area contributed by atoms with Crippen LogP contribution in [0.2, 0.25) is 0 Å². The first kappa shape index (κ1) is 12.9. The van der Waals surface area contributed by atoms with Gasteiger partial charge in [-0.2, -0.15) is 0 Å². The highest BCUT2D eigenvalue weighted by Crippen LogP contribution is 2.25. The van der Waals surface area contributed by atoms with Crippen LogP contribution < -0.4 is 4.74 Å². The van der Waals surface area contributed by atoms with E-state index >= 15 is 0 Å². The number of rotatable bonds is 6. The van der Waals surface area contributed by atoms with E-state index in [1.54, 1.807) is 0 Å². The van der Waals surface area contributed by atoms with E-state index in [9.17, 15) is 14.9 Å². The third-order valence-electron chi connectivity index (χ3n) is 1.92. The molecule has 0 unspecified atom stereocenters. The lowest BCUT2D eigenvalue weighted by atomic mass is 10.2. The van der Waals surface area contributed by atoms with Crippen molar-refractivity contribution >= 4 is 11.7 Å². The SMILES string of the molecule is COCc1ccc(OCC(=O)O)cc1[N+](=O)[O-]. The predicted octanol–water partition coefficient (Wildman–Crippen LogP) is 1.20. The van der Waals surface area contributed by atoms with Gasteiger partial charge in [-0.15, -0.1) is 0 Å². The Kier molecular flexibility index (Phi) is 4.41. The van der Waals surface area contributed by atoms with Crippen molar-refractivity contribution in [2.75, 3.05) is 13.7 Å². The maximum Gasteiger partial charge on any atom is 0.341 e. The second-order valence-corrected chi connectivity index (χ2v) is 3.16. The molecule has 1 aromatic rings. The van der Waals surface area contributed by atoms with Gasteiger partial charge in [0.2, 0.25) is 0 Å². The molecule has 0 radical (unpaired) electrons. The normalized spacial score (nSPS) is 9.94. The summed E-state index contributed by atoms with van der Waals surface area (Å²) < 4.78 is 9.66. The quantitative estimate of drug-likeness (QED) is 0.593. The van der Waals surface area contributed by atoms with Crippen molar-refractivity contribution in [3.63, 3.8) is 0 Å². The van der Waals surface area contributed by atoms with Crippen LogP contribution in [-0.4, -0.2) is 29.7 Å². The van der Waals surface area contributed by atoms with Crippen molar-refractivity contribution in [3.8, 4) is 5.75 Å². The first-order valence-electron chi connectivity index (χ1n) is 4.65. The number of nitro benzene ring substituents is 1. The Balaban J connectivity index is 2.92. The summed E-state index contributed by atoms with van der Waals surface area (Å²) in [5.74, 6) is -1.01. The average molecular weight is 241 g/mol. The van der Waals surface area contributed by atoms with Gasteiger partial charge in [-0.1, -0.05) is 0 Å². The highest BCUT2D eigenvalue weighted by Gasteiger charge is 2.15. The maximum absolute atomic E-state index is 10.8. The molecular weight excluding hydrogens is 230 g/mol. The van der Waals surface area contributed by atoms with Crippen molar-refractivity contribution in [2.24, 2.45) is 0 Å². The van der Waals surface area contributed by atoms with Crippen molar-refractivity contribution < 1.29 is 24.3 Å². The van der Waals surface area contributed by atoms with E-state index in [0.29, 0.717) is 5.56 Å². The molecule has 17 heavy (non-hydrogen) atoms. The Bertz CT molecular complexity index is 431. The van der Waals surface area contributed by atoms with Crippen LogP contribution >= 0.6 is 0 Å². The molecule has 0 aliphatic heterocycles. The Morgan fingerprint density at radius 3 is 2.76 bits per heavy atom. The zero-order valence-corrected chi connectivity index (χ0v) is 9.08. The topological polar surface area (TPSA) is 98.9 Å². The standard InChI is InChI=1S/C10H11NO6/c1-16-5-7-2-3-8(17-6-10(12)13)4-9(7)11(14)15/h2-4H,5-6H2,1H3,(H,12,13). The number of carboxylic acids is 1. The van der Waals surface area contributed by atoms with Crippen LogP contribution in [0.15, 0.2) is 18.2 Å². The molecule has 0 aliphatic rings. The van der Waals surface area contributed by atoms with Gasteiger partial charge in [0.25, 0.3) is 5.69 Å². The molecule has 0 atom stereocenters. The highest BCUT2D eigenvalue weighted by atomic mass is 16.6. The van der Waals surface area contributed by atoms with Crippen LogP contribution in [0, 0.1) is 10.1 Å². The van der Waals surface area contributed by atoms with Gasteiger partial charge in [0.15, 0.2) is 6.61 Å². The molecule has 0 amide bonds. The second-order valence-electron chi connectivity index (χ2n) is 3.16. The lowest BCUT2D eigenvalue weighted by Gasteiger charge is -2.05. The van der Waals surface area contributed by atoms with E-state index in [0.717, 1.165) is 0 Å². The van der Waals surface area contributed by atoms with E-state index in [1.807, 2.05) is 0 Å². The Morgan fingerprint density at radius 2 is 2.24 bits per heavy atom. The fourth-order valence-electron chi connectivity index (χ4n) is 1.23. The predicted molar refractivity (Wildman–Crippen MR) is 56.9 cm³/mol. The molecular formula is C10H11NO6. The first-order valence-corrected chi connectivity index (χ1v) is 4.65. The minimum absolute atomic E-state index is 0.107. The summed E-state index contributed by atoms with van der Waals surface area (Å²) in [4.78, 5) is 20.5. The summed E-state index contributed by atoms with van der Waals surface area (Å²) in [6, 6.07) is 4.11. The summed E-state index contributed by atoms with van der Waals surface area (Å²) in [6.45, 7) is -0.434. The van der Waals surface area contributed by atoms with Crippen LogP contribution in [0.1, 0.15) is 5.56 Å². The molecule has 0 aliphatic carbocycles. The molecule has 0 heterocycles. The largest absolute Gasteiger partial charge is 0.482 e. The van der Waals surface area contributed by atoms with Crippen LogP contribution in [0.25, 0.3) is 0 Å². The number of methoxy groups -OCH3 is 1. The summed E-state index contributed by atoms with van der Waals surface area (Å²) in [7, 11) is 1.43. The monoisotopic (exact) mass is 241 g/mol. The van der Waals surface area contributed by atoms with Crippen LogP contribution in [0.5, 0.6) is 5.75 Å². The Labute approximate surface area is 96.7 Å². The van der Waals surface area contributed by atoms with Crippen LogP contribution in [0.4, 0.5) is 5.69 Å². The molecule has 0 bridgehead atoms. The van der Waals surface area contributed by atoms with Gasteiger partial charge in [0, 0.05) is 7.11 Å². The number of ether oxygens (including phenoxy) is 2. The van der Waals surface area contributed by atoms with Crippen LogP contribution in [0.3, 0.4) is 0 Å². The smallest absolute Gasteiger partial charge is 0.341 e. The molecule has 0 aromatic heterocycles. The summed E-state index contributed by atoms with van der Waals surface area (Å²) in [5.41, 5.74) is 0.245. The van der Waals surface area contributed by atoms with Crippen molar-refractivity contribution in [3.05, 3.63) is 33.9 Å². The lowest BCUT2D eigenvalue weighted by Crippen LogP contribution is -2.09. The lowest BCUT2D eigenvalue weighted by molar-refractivity contribution is -0.386. The molecule has 0 saturated carbocycles. The van der Waals surface area contributed by atoms with Gasteiger partial charge in [-0.3, -0.25) is 10.1 Å². The van der Waals surface area contributed by atoms with Gasteiger partial charge < -0.3 is 14.6 Å². The molecule has 0 saturated heterocycles. The van der Waals surface area contributed by atoms with Gasteiger partial charge >= 0.3 is 5.97 Å². The number of hydrogen-bond acceptors (Lipinski definition) is 5. The van der Waals surface area contributed by atoms with Gasteiger partial charge in [0.1, 0.15) is 5.75 Å². The fraction of sp³-hybridized carbons (Fsp3) is 0.300. The second kappa shape index (κ2) is 5.80. The third kappa shape index (κ3) is 3.72. The first-order chi connectivity index (χ1) is 8.04. The van der Waals surface area contributed by atoms with E-state index < -0.39 is 17.5 Å². The van der Waals surface area contributed by atoms with E-state index in [-0.39, 0.29) is 18.0 Å². The molecule has 1 N–H and O–H groups in total. The van der Waals surface area contributed by atoms with Gasteiger partial charge in [0.05, 0.1) is 23.2 Å². The number of carboxylic acid groups (broad SMARTS) is 1. The molecule has 7 nitrogen and oxygen atoms in total. The van der Waals surface area contributed by atoms with Gasteiger partial charge in [-0.05, 0) is 12.1 Å². The summed E-state index contributed by atoms with van der Waals surface area (Å²) in [5, 5.41) is 19.2. The fourth-order valence-corrected chi connectivity index (χ4v) is 1.23. The summed E-state index contributed by atoms with van der Waals surface area (Å²) in [6.07, 6.45) is 0. The molecule has 0 fully saturated rings. The molecule has 1 rings (SSSR count).